The summed E-state index contributed by atoms with van der Waals surface area (Å²) < 4.78 is 0. The number of rotatable bonds is 8. The summed E-state index contributed by atoms with van der Waals surface area (Å²) in [6.45, 7) is 5.21. The molecule has 0 bridgehead atoms. The molecule has 0 saturated carbocycles. The van der Waals surface area contributed by atoms with E-state index in [1.54, 1.807) is 0 Å². The standard InChI is InChI=1S/C15H23NO.ClH/c1-3-5-12-16-14(9-4-2)15(17)13-10-7-6-8-11-13;/h6-8,10-11,14,16H,3-5,9,12H2,1-2H3;1H. The minimum absolute atomic E-state index is 0. The Morgan fingerprint density at radius 3 is 2.39 bits per heavy atom. The molecule has 0 aliphatic heterocycles. The fraction of sp³-hybridized carbons (Fsp3) is 0.533. The van der Waals surface area contributed by atoms with Gasteiger partial charge in [-0.05, 0) is 19.4 Å². The predicted molar refractivity (Wildman–Crippen MR) is 79.6 cm³/mol. The molecule has 1 unspecified atom stereocenters. The van der Waals surface area contributed by atoms with Gasteiger partial charge in [0.25, 0.3) is 0 Å². The van der Waals surface area contributed by atoms with Gasteiger partial charge in [0.05, 0.1) is 6.04 Å². The number of benzene rings is 1. The van der Waals surface area contributed by atoms with Gasteiger partial charge in [0.2, 0.25) is 0 Å². The maximum atomic E-state index is 12.3. The van der Waals surface area contributed by atoms with Gasteiger partial charge in [-0.2, -0.15) is 0 Å². The molecule has 0 saturated heterocycles. The van der Waals surface area contributed by atoms with Crippen LogP contribution in [0.1, 0.15) is 49.9 Å². The highest BCUT2D eigenvalue weighted by molar-refractivity contribution is 6.00. The fourth-order valence-corrected chi connectivity index (χ4v) is 1.87. The van der Waals surface area contributed by atoms with Gasteiger partial charge in [-0.25, -0.2) is 0 Å². The number of carbonyl (C=O) groups excluding carboxylic acids is 1. The zero-order chi connectivity index (χ0) is 12.5. The Bertz CT molecular complexity index is 327. The first kappa shape index (κ1) is 17.1. The van der Waals surface area contributed by atoms with Crippen LogP contribution in [0.2, 0.25) is 0 Å². The van der Waals surface area contributed by atoms with Gasteiger partial charge in [-0.3, -0.25) is 4.79 Å². The second-order valence-electron chi connectivity index (χ2n) is 4.38. The SMILES string of the molecule is CCCCNC(CCC)C(=O)c1ccccc1.Cl. The molecule has 3 heteroatoms. The van der Waals surface area contributed by atoms with E-state index in [1.807, 2.05) is 30.3 Å². The van der Waals surface area contributed by atoms with E-state index in [0.29, 0.717) is 0 Å². The van der Waals surface area contributed by atoms with Gasteiger partial charge in [-0.1, -0.05) is 57.0 Å². The number of nitrogens with one attached hydrogen (secondary N) is 1. The van der Waals surface area contributed by atoms with Crippen LogP contribution < -0.4 is 5.32 Å². The highest BCUT2D eigenvalue weighted by Gasteiger charge is 2.17. The largest absolute Gasteiger partial charge is 0.307 e. The molecule has 1 N–H and O–H groups in total. The molecule has 0 aromatic heterocycles. The van der Waals surface area contributed by atoms with Crippen LogP contribution >= 0.6 is 12.4 Å². The van der Waals surface area contributed by atoms with Gasteiger partial charge < -0.3 is 5.32 Å². The third-order valence-corrected chi connectivity index (χ3v) is 2.87. The summed E-state index contributed by atoms with van der Waals surface area (Å²) in [4.78, 5) is 12.3. The number of hydrogen-bond donors (Lipinski definition) is 1. The lowest BCUT2D eigenvalue weighted by Crippen LogP contribution is -2.37. The third-order valence-electron chi connectivity index (χ3n) is 2.87. The second-order valence-corrected chi connectivity index (χ2v) is 4.38. The first-order valence-electron chi connectivity index (χ1n) is 6.62. The smallest absolute Gasteiger partial charge is 0.179 e. The summed E-state index contributed by atoms with van der Waals surface area (Å²) >= 11 is 0. The van der Waals surface area contributed by atoms with Crippen molar-refractivity contribution in [2.75, 3.05) is 6.54 Å². The average Bonchev–Trinajstić information content (AvgIpc) is 2.38. The van der Waals surface area contributed by atoms with Crippen molar-refractivity contribution in [3.63, 3.8) is 0 Å². The molecule has 0 heterocycles. The molecular weight excluding hydrogens is 246 g/mol. The molecule has 0 aliphatic carbocycles. The van der Waals surface area contributed by atoms with E-state index >= 15 is 0 Å². The van der Waals surface area contributed by atoms with Crippen LogP contribution in [0.5, 0.6) is 0 Å². The lowest BCUT2D eigenvalue weighted by atomic mass is 10.0. The summed E-state index contributed by atoms with van der Waals surface area (Å²) in [6.07, 6.45) is 4.23. The Hall–Kier alpha value is -0.860. The maximum absolute atomic E-state index is 12.3. The van der Waals surface area contributed by atoms with E-state index in [4.69, 9.17) is 0 Å². The molecular formula is C15H24ClNO. The molecule has 102 valence electrons. The minimum Gasteiger partial charge on any atom is -0.307 e. The molecule has 1 atom stereocenters. The summed E-state index contributed by atoms with van der Waals surface area (Å²) in [6, 6.07) is 9.55. The maximum Gasteiger partial charge on any atom is 0.179 e. The molecule has 0 aliphatic rings. The lowest BCUT2D eigenvalue weighted by Gasteiger charge is -2.16. The van der Waals surface area contributed by atoms with Crippen LogP contribution in [0.15, 0.2) is 30.3 Å². The van der Waals surface area contributed by atoms with Crippen molar-refractivity contribution < 1.29 is 4.79 Å². The van der Waals surface area contributed by atoms with Crippen LogP contribution in [-0.4, -0.2) is 18.4 Å². The first-order chi connectivity index (χ1) is 8.29. The van der Waals surface area contributed by atoms with E-state index in [0.717, 1.165) is 37.8 Å². The van der Waals surface area contributed by atoms with Crippen molar-refractivity contribution in [2.45, 2.75) is 45.6 Å². The Morgan fingerprint density at radius 2 is 1.83 bits per heavy atom. The summed E-state index contributed by atoms with van der Waals surface area (Å²) in [5, 5.41) is 3.37. The number of unbranched alkanes of at least 4 members (excludes halogenated alkanes) is 1. The monoisotopic (exact) mass is 269 g/mol. The van der Waals surface area contributed by atoms with Gasteiger partial charge in [0, 0.05) is 5.56 Å². The van der Waals surface area contributed by atoms with E-state index in [2.05, 4.69) is 19.2 Å². The van der Waals surface area contributed by atoms with Crippen LogP contribution in [0, 0.1) is 0 Å². The van der Waals surface area contributed by atoms with Gasteiger partial charge in [0.1, 0.15) is 0 Å². The van der Waals surface area contributed by atoms with Crippen molar-refractivity contribution in [2.24, 2.45) is 0 Å². The minimum atomic E-state index is -0.0195. The number of carbonyl (C=O) groups is 1. The Labute approximate surface area is 117 Å². The highest BCUT2D eigenvalue weighted by atomic mass is 35.5. The van der Waals surface area contributed by atoms with E-state index in [9.17, 15) is 4.79 Å². The number of ketones is 1. The zero-order valence-electron chi connectivity index (χ0n) is 11.3. The van der Waals surface area contributed by atoms with Crippen LogP contribution in [-0.2, 0) is 0 Å². The molecule has 2 nitrogen and oxygen atoms in total. The number of Topliss-reactive ketones (excluding diaryl/α,β-unsaturated/α-hetero) is 1. The first-order valence-corrected chi connectivity index (χ1v) is 6.62. The Balaban J connectivity index is 0.00000289. The van der Waals surface area contributed by atoms with Crippen molar-refractivity contribution in [1.29, 1.82) is 0 Å². The number of hydrogen-bond acceptors (Lipinski definition) is 2. The quantitative estimate of drug-likeness (QED) is 0.574. The van der Waals surface area contributed by atoms with E-state index < -0.39 is 0 Å². The molecule has 1 rings (SSSR count). The summed E-state index contributed by atoms with van der Waals surface area (Å²) in [5.74, 6) is 0.226. The molecule has 0 spiro atoms. The molecule has 0 amide bonds. The topological polar surface area (TPSA) is 29.1 Å². The number of halogens is 1. The van der Waals surface area contributed by atoms with Crippen LogP contribution in [0.3, 0.4) is 0 Å². The lowest BCUT2D eigenvalue weighted by molar-refractivity contribution is 0.0937. The van der Waals surface area contributed by atoms with Crippen molar-refractivity contribution >= 4 is 18.2 Å². The van der Waals surface area contributed by atoms with Gasteiger partial charge in [-0.15, -0.1) is 12.4 Å². The highest BCUT2D eigenvalue weighted by Crippen LogP contribution is 2.08. The van der Waals surface area contributed by atoms with Crippen LogP contribution in [0.25, 0.3) is 0 Å². The second kappa shape index (κ2) is 10.1. The molecule has 1 aromatic rings. The van der Waals surface area contributed by atoms with E-state index in [-0.39, 0.29) is 24.2 Å². The Morgan fingerprint density at radius 1 is 1.17 bits per heavy atom. The van der Waals surface area contributed by atoms with Gasteiger partial charge >= 0.3 is 0 Å². The van der Waals surface area contributed by atoms with Gasteiger partial charge in [0.15, 0.2) is 5.78 Å². The molecule has 1 aromatic carbocycles. The van der Waals surface area contributed by atoms with Crippen molar-refractivity contribution in [3.05, 3.63) is 35.9 Å². The molecule has 0 radical (unpaired) electrons. The third kappa shape index (κ3) is 5.65. The van der Waals surface area contributed by atoms with Crippen molar-refractivity contribution in [3.8, 4) is 0 Å². The van der Waals surface area contributed by atoms with E-state index in [1.165, 1.54) is 0 Å². The van der Waals surface area contributed by atoms with Crippen molar-refractivity contribution in [1.82, 2.24) is 5.32 Å². The Kier molecular flexibility index (Phi) is 9.62. The zero-order valence-corrected chi connectivity index (χ0v) is 12.1. The van der Waals surface area contributed by atoms with Crippen LogP contribution in [0.4, 0.5) is 0 Å². The fourth-order valence-electron chi connectivity index (χ4n) is 1.87. The average molecular weight is 270 g/mol. The summed E-state index contributed by atoms with van der Waals surface area (Å²) in [7, 11) is 0. The normalized spacial score (nSPS) is 11.7. The predicted octanol–water partition coefficient (Wildman–Crippen LogP) is 3.85. The molecule has 18 heavy (non-hydrogen) atoms. The summed E-state index contributed by atoms with van der Waals surface area (Å²) in [5.41, 5.74) is 0.815. The molecule has 0 fully saturated rings.